The van der Waals surface area contributed by atoms with Crippen molar-refractivity contribution >= 4 is 59.0 Å². The topological polar surface area (TPSA) is 17.3 Å². The molecule has 3 heterocycles. The number of nitrogens with zero attached hydrogens (tertiary/aromatic N) is 2. The number of para-hydroxylation sites is 2. The van der Waals surface area contributed by atoms with Crippen LogP contribution in [0.15, 0.2) is 218 Å². The summed E-state index contributed by atoms with van der Waals surface area (Å²) in [7, 11) is 0. The number of rotatable bonds is 5. The van der Waals surface area contributed by atoms with Gasteiger partial charge in [-0.15, -0.1) is 11.3 Å². The Morgan fingerprint density at radius 3 is 1.74 bits per heavy atom. The van der Waals surface area contributed by atoms with Gasteiger partial charge in [-0.25, -0.2) is 4.98 Å². The second kappa shape index (κ2) is 13.2. The zero-order chi connectivity index (χ0) is 40.1. The minimum absolute atomic E-state index is 0.420. The van der Waals surface area contributed by atoms with E-state index in [0.717, 1.165) is 27.9 Å². The highest BCUT2D eigenvalue weighted by molar-refractivity contribution is 7.26. The molecule has 2 nitrogen and oxygen atoms in total. The van der Waals surface area contributed by atoms with Crippen molar-refractivity contribution in [3.63, 3.8) is 0 Å². The number of imidazole rings is 1. The lowest BCUT2D eigenvalue weighted by Gasteiger charge is -2.34. The minimum atomic E-state index is -0.420. The third kappa shape index (κ3) is 4.99. The molecule has 0 fully saturated rings. The largest absolute Gasteiger partial charge is 0.291 e. The summed E-state index contributed by atoms with van der Waals surface area (Å²) in [5, 5.41) is 5.06. The lowest BCUT2D eigenvalue weighted by atomic mass is 9.67. The van der Waals surface area contributed by atoms with E-state index in [1.165, 1.54) is 86.6 Å². The molecule has 0 amide bonds. The van der Waals surface area contributed by atoms with Crippen LogP contribution in [0.3, 0.4) is 0 Å². The number of aromatic nitrogens is 2. The van der Waals surface area contributed by atoms with Crippen molar-refractivity contribution in [2.24, 2.45) is 0 Å². The second-order valence-corrected chi connectivity index (χ2v) is 17.3. The monoisotopic (exact) mass is 792 g/mol. The number of thiophene rings is 1. The molecule has 284 valence electrons. The van der Waals surface area contributed by atoms with Crippen LogP contribution in [0.2, 0.25) is 0 Å². The van der Waals surface area contributed by atoms with Crippen LogP contribution in [0, 0.1) is 0 Å². The van der Waals surface area contributed by atoms with Gasteiger partial charge in [0.2, 0.25) is 0 Å². The maximum atomic E-state index is 5.24. The van der Waals surface area contributed by atoms with Gasteiger partial charge >= 0.3 is 0 Å². The first-order chi connectivity index (χ1) is 30.2. The van der Waals surface area contributed by atoms with E-state index in [1.54, 1.807) is 0 Å². The average molecular weight is 793 g/mol. The molecule has 0 N–H and O–H groups in total. The Hall–Kier alpha value is -7.59. The second-order valence-electron chi connectivity index (χ2n) is 16.2. The van der Waals surface area contributed by atoms with Gasteiger partial charge in [0.05, 0.1) is 26.8 Å². The summed E-state index contributed by atoms with van der Waals surface area (Å²) in [6, 6.07) is 80.4. The molecule has 1 aliphatic carbocycles. The number of hydrogen-bond donors (Lipinski definition) is 0. The predicted octanol–water partition coefficient (Wildman–Crippen LogP) is 15.4. The molecular weight excluding hydrogens is 757 g/mol. The van der Waals surface area contributed by atoms with Crippen LogP contribution < -0.4 is 0 Å². The molecule has 9 aromatic carbocycles. The third-order valence-corrected chi connectivity index (χ3v) is 14.2. The van der Waals surface area contributed by atoms with E-state index in [1.807, 2.05) is 11.3 Å². The standard InChI is InChI=1S/C58H36N2S/c1-3-16-43(17-4-1)58(44-18-5-2-6-19-44)49-22-10-9-20-46(49)55-45(21-13-23-50(55)58)39-30-26-37(27-31-39)38-28-32-40(33-29-38)53-36-48-47-34-41-14-7-8-15-42(41)35-54(47)61-56(48)57-59-51-24-11-12-25-52(51)60(53)57/h1-36H. The van der Waals surface area contributed by atoms with Crippen LogP contribution in [0.4, 0.5) is 0 Å². The van der Waals surface area contributed by atoms with Crippen LogP contribution in [-0.2, 0) is 5.41 Å². The Kier molecular flexibility index (Phi) is 7.42. The summed E-state index contributed by atoms with van der Waals surface area (Å²) in [5.41, 5.74) is 17.7. The zero-order valence-corrected chi connectivity index (χ0v) is 33.9. The smallest absolute Gasteiger partial charge is 0.156 e. The number of fused-ring (bicyclic) bond motifs is 11. The van der Waals surface area contributed by atoms with Crippen LogP contribution >= 0.6 is 11.3 Å². The average Bonchev–Trinajstić information content (AvgIpc) is 4.00. The van der Waals surface area contributed by atoms with Crippen LogP contribution in [-0.4, -0.2) is 9.38 Å². The number of benzene rings is 9. The summed E-state index contributed by atoms with van der Waals surface area (Å²) in [6.07, 6.45) is 0. The Balaban J connectivity index is 0.916. The fourth-order valence-electron chi connectivity index (χ4n) is 10.4. The molecule has 0 bridgehead atoms. The van der Waals surface area contributed by atoms with Gasteiger partial charge in [-0.2, -0.15) is 0 Å². The first kappa shape index (κ1) is 34.3. The predicted molar refractivity (Wildman–Crippen MR) is 257 cm³/mol. The highest BCUT2D eigenvalue weighted by atomic mass is 32.1. The summed E-state index contributed by atoms with van der Waals surface area (Å²) < 4.78 is 4.87. The van der Waals surface area contributed by atoms with Crippen molar-refractivity contribution in [1.29, 1.82) is 0 Å². The van der Waals surface area contributed by atoms with E-state index in [-0.39, 0.29) is 0 Å². The Morgan fingerprint density at radius 2 is 1.00 bits per heavy atom. The zero-order valence-electron chi connectivity index (χ0n) is 33.1. The van der Waals surface area contributed by atoms with Gasteiger partial charge in [0, 0.05) is 15.5 Å². The van der Waals surface area contributed by atoms with E-state index in [0.29, 0.717) is 0 Å². The molecule has 3 aromatic heterocycles. The maximum absolute atomic E-state index is 5.24. The fourth-order valence-corrected chi connectivity index (χ4v) is 11.5. The Bertz CT molecular complexity index is 3630. The molecular formula is C58H36N2S. The summed E-state index contributed by atoms with van der Waals surface area (Å²) in [5.74, 6) is 0. The molecule has 0 spiro atoms. The molecule has 12 aromatic rings. The van der Waals surface area contributed by atoms with Crippen molar-refractivity contribution in [1.82, 2.24) is 9.38 Å². The highest BCUT2D eigenvalue weighted by Crippen LogP contribution is 2.58. The van der Waals surface area contributed by atoms with Gasteiger partial charge in [0.1, 0.15) is 0 Å². The van der Waals surface area contributed by atoms with Crippen molar-refractivity contribution in [3.8, 4) is 44.6 Å². The fraction of sp³-hybridized carbons (Fsp3) is 0.0172. The van der Waals surface area contributed by atoms with Gasteiger partial charge in [0.15, 0.2) is 5.65 Å². The number of pyridine rings is 1. The number of hydrogen-bond acceptors (Lipinski definition) is 2. The van der Waals surface area contributed by atoms with Gasteiger partial charge in [0.25, 0.3) is 0 Å². The van der Waals surface area contributed by atoms with Gasteiger partial charge in [-0.1, -0.05) is 188 Å². The highest BCUT2D eigenvalue weighted by Gasteiger charge is 2.46. The minimum Gasteiger partial charge on any atom is -0.291 e. The lowest BCUT2D eigenvalue weighted by molar-refractivity contribution is 0.768. The molecule has 61 heavy (non-hydrogen) atoms. The lowest BCUT2D eigenvalue weighted by Crippen LogP contribution is -2.28. The normalized spacial score (nSPS) is 13.0. The van der Waals surface area contributed by atoms with Crippen LogP contribution in [0.5, 0.6) is 0 Å². The maximum Gasteiger partial charge on any atom is 0.156 e. The van der Waals surface area contributed by atoms with Gasteiger partial charge < -0.3 is 0 Å². The molecule has 0 radical (unpaired) electrons. The molecule has 0 saturated heterocycles. The van der Waals surface area contributed by atoms with E-state index in [9.17, 15) is 0 Å². The molecule has 0 atom stereocenters. The van der Waals surface area contributed by atoms with Crippen molar-refractivity contribution < 1.29 is 0 Å². The van der Waals surface area contributed by atoms with Gasteiger partial charge in [-0.3, -0.25) is 4.40 Å². The van der Waals surface area contributed by atoms with Crippen LogP contribution in [0.1, 0.15) is 22.3 Å². The first-order valence-corrected chi connectivity index (χ1v) is 21.8. The van der Waals surface area contributed by atoms with Crippen LogP contribution in [0.25, 0.3) is 92.3 Å². The quantitative estimate of drug-likeness (QED) is 0.170. The molecule has 0 unspecified atom stereocenters. The molecule has 1 aliphatic rings. The summed E-state index contributed by atoms with van der Waals surface area (Å²) >= 11 is 1.84. The summed E-state index contributed by atoms with van der Waals surface area (Å²) in [6.45, 7) is 0. The first-order valence-electron chi connectivity index (χ1n) is 20.9. The van der Waals surface area contributed by atoms with E-state index >= 15 is 0 Å². The van der Waals surface area contributed by atoms with Crippen molar-refractivity contribution in [3.05, 3.63) is 241 Å². The van der Waals surface area contributed by atoms with E-state index in [4.69, 9.17) is 4.98 Å². The van der Waals surface area contributed by atoms with E-state index < -0.39 is 5.41 Å². The molecule has 13 rings (SSSR count). The molecule has 0 aliphatic heterocycles. The van der Waals surface area contributed by atoms with Gasteiger partial charge in [-0.05, 0) is 102 Å². The molecule has 3 heteroatoms. The summed E-state index contributed by atoms with van der Waals surface area (Å²) in [4.78, 5) is 5.24. The third-order valence-electron chi connectivity index (χ3n) is 13.1. The molecule has 0 saturated carbocycles. The SMILES string of the molecule is c1ccc(C2(c3ccccc3)c3ccccc3-c3c(-c4ccc(-c5ccc(-c6cc7c8cc9ccccc9cc8sc7c7nc8ccccc8n67)cc5)cc4)cccc32)cc1. The van der Waals surface area contributed by atoms with E-state index in [2.05, 4.69) is 223 Å². The Morgan fingerprint density at radius 1 is 0.426 bits per heavy atom. The van der Waals surface area contributed by atoms with Crippen molar-refractivity contribution in [2.45, 2.75) is 5.41 Å². The Labute approximate surface area is 357 Å². The van der Waals surface area contributed by atoms with Crippen molar-refractivity contribution in [2.75, 3.05) is 0 Å².